The van der Waals surface area contributed by atoms with Crippen LogP contribution in [0.25, 0.3) is 0 Å². The van der Waals surface area contributed by atoms with E-state index in [4.69, 9.17) is 0 Å². The van der Waals surface area contributed by atoms with Gasteiger partial charge in [-0.15, -0.1) is 0 Å². The minimum Gasteiger partial charge on any atom is -0.394 e. The van der Waals surface area contributed by atoms with Gasteiger partial charge < -0.3 is 10.4 Å². The van der Waals surface area contributed by atoms with Crippen LogP contribution in [0.2, 0.25) is 0 Å². The molecular formula is C11H19N3O2. The topological polar surface area (TPSA) is 67.2 Å². The third-order valence-electron chi connectivity index (χ3n) is 3.00. The molecular weight excluding hydrogens is 206 g/mol. The molecule has 0 saturated carbocycles. The normalized spacial score (nSPS) is 11.5. The largest absolute Gasteiger partial charge is 0.394 e. The number of rotatable bonds is 5. The Morgan fingerprint density at radius 2 is 2.19 bits per heavy atom. The van der Waals surface area contributed by atoms with Gasteiger partial charge in [0.05, 0.1) is 23.9 Å². The summed E-state index contributed by atoms with van der Waals surface area (Å²) in [6.07, 6.45) is 4.57. The average Bonchev–Trinajstić information content (AvgIpc) is 2.73. The summed E-state index contributed by atoms with van der Waals surface area (Å²) in [5.74, 6) is -0.189. The number of aryl methyl sites for hydroxylation is 1. The van der Waals surface area contributed by atoms with Gasteiger partial charge in [0.15, 0.2) is 0 Å². The molecule has 5 heteroatoms. The molecule has 0 fully saturated rings. The quantitative estimate of drug-likeness (QED) is 0.775. The first-order valence-corrected chi connectivity index (χ1v) is 5.49. The molecule has 0 atom stereocenters. The van der Waals surface area contributed by atoms with Gasteiger partial charge in [0.2, 0.25) is 0 Å². The Bertz CT molecular complexity index is 348. The van der Waals surface area contributed by atoms with Crippen LogP contribution in [-0.4, -0.2) is 32.9 Å². The van der Waals surface area contributed by atoms with Crippen molar-refractivity contribution in [1.29, 1.82) is 0 Å². The van der Waals surface area contributed by atoms with Crippen LogP contribution in [0.4, 0.5) is 0 Å². The van der Waals surface area contributed by atoms with Gasteiger partial charge in [-0.1, -0.05) is 13.8 Å². The van der Waals surface area contributed by atoms with E-state index in [0.29, 0.717) is 18.4 Å². The Balaban J connectivity index is 2.76. The molecule has 0 aromatic carbocycles. The maximum atomic E-state index is 11.9. The molecule has 1 aromatic heterocycles. The molecule has 0 aliphatic rings. The third-order valence-corrected chi connectivity index (χ3v) is 3.00. The molecule has 0 unspecified atom stereocenters. The Labute approximate surface area is 95.5 Å². The molecule has 2 N–H and O–H groups in total. The maximum Gasteiger partial charge on any atom is 0.254 e. The zero-order valence-corrected chi connectivity index (χ0v) is 10.0. The van der Waals surface area contributed by atoms with Crippen LogP contribution in [0.3, 0.4) is 0 Å². The summed E-state index contributed by atoms with van der Waals surface area (Å²) < 4.78 is 1.58. The van der Waals surface area contributed by atoms with Gasteiger partial charge in [0.1, 0.15) is 0 Å². The second kappa shape index (κ2) is 5.12. The van der Waals surface area contributed by atoms with Crippen molar-refractivity contribution in [3.05, 3.63) is 18.0 Å². The highest BCUT2D eigenvalue weighted by atomic mass is 16.3. The van der Waals surface area contributed by atoms with E-state index in [1.54, 1.807) is 17.9 Å². The van der Waals surface area contributed by atoms with Crippen molar-refractivity contribution in [2.45, 2.75) is 32.2 Å². The Hall–Kier alpha value is -1.36. The molecule has 0 saturated heterocycles. The molecule has 1 amide bonds. The van der Waals surface area contributed by atoms with Crippen LogP contribution in [0.15, 0.2) is 12.4 Å². The zero-order chi connectivity index (χ0) is 12.2. The first-order chi connectivity index (χ1) is 7.56. The van der Waals surface area contributed by atoms with Crippen molar-refractivity contribution in [2.24, 2.45) is 7.05 Å². The van der Waals surface area contributed by atoms with Crippen molar-refractivity contribution in [3.63, 3.8) is 0 Å². The standard InChI is InChI=1S/C11H19N3O2/c1-4-11(5-2,8-15)13-10(16)9-6-12-14(3)7-9/h6-7,15H,4-5,8H2,1-3H3,(H,13,16). The number of nitrogens with one attached hydrogen (secondary N) is 1. The van der Waals surface area contributed by atoms with E-state index in [1.165, 1.54) is 6.20 Å². The number of hydrogen-bond acceptors (Lipinski definition) is 3. The van der Waals surface area contributed by atoms with Gasteiger partial charge in [-0.05, 0) is 12.8 Å². The molecule has 16 heavy (non-hydrogen) atoms. The van der Waals surface area contributed by atoms with Crippen molar-refractivity contribution in [3.8, 4) is 0 Å². The van der Waals surface area contributed by atoms with Crippen molar-refractivity contribution in [2.75, 3.05) is 6.61 Å². The van der Waals surface area contributed by atoms with E-state index in [0.717, 1.165) is 0 Å². The second-order valence-corrected chi connectivity index (χ2v) is 4.00. The maximum absolute atomic E-state index is 11.9. The van der Waals surface area contributed by atoms with Gasteiger partial charge >= 0.3 is 0 Å². The van der Waals surface area contributed by atoms with Gasteiger partial charge in [-0.2, -0.15) is 5.10 Å². The number of aliphatic hydroxyl groups is 1. The Kier molecular flexibility index (Phi) is 4.06. The smallest absolute Gasteiger partial charge is 0.254 e. The van der Waals surface area contributed by atoms with Crippen molar-refractivity contribution < 1.29 is 9.90 Å². The van der Waals surface area contributed by atoms with E-state index in [2.05, 4.69) is 10.4 Å². The SMILES string of the molecule is CCC(CC)(CO)NC(=O)c1cnn(C)c1. The van der Waals surface area contributed by atoms with Crippen molar-refractivity contribution in [1.82, 2.24) is 15.1 Å². The van der Waals surface area contributed by atoms with Crippen LogP contribution in [0, 0.1) is 0 Å². The molecule has 0 spiro atoms. The van der Waals surface area contributed by atoms with Gasteiger partial charge in [-0.3, -0.25) is 9.48 Å². The van der Waals surface area contributed by atoms with E-state index in [1.807, 2.05) is 13.8 Å². The minimum absolute atomic E-state index is 0.0496. The molecule has 90 valence electrons. The third kappa shape index (κ3) is 2.61. The summed E-state index contributed by atoms with van der Waals surface area (Å²) in [6, 6.07) is 0. The van der Waals surface area contributed by atoms with Crippen LogP contribution in [0.1, 0.15) is 37.0 Å². The van der Waals surface area contributed by atoms with Crippen LogP contribution in [-0.2, 0) is 7.05 Å². The predicted octanol–water partition coefficient (Wildman–Crippen LogP) is 0.701. The van der Waals surface area contributed by atoms with E-state index in [9.17, 15) is 9.90 Å². The average molecular weight is 225 g/mol. The minimum atomic E-state index is -0.521. The van der Waals surface area contributed by atoms with Crippen LogP contribution < -0.4 is 5.32 Å². The lowest BCUT2D eigenvalue weighted by molar-refractivity contribution is 0.0818. The number of hydrogen-bond donors (Lipinski definition) is 2. The molecule has 0 bridgehead atoms. The lowest BCUT2D eigenvalue weighted by Gasteiger charge is -2.30. The number of nitrogens with zero attached hydrogens (tertiary/aromatic N) is 2. The fourth-order valence-electron chi connectivity index (χ4n) is 1.54. The van der Waals surface area contributed by atoms with Gasteiger partial charge in [-0.25, -0.2) is 0 Å². The zero-order valence-electron chi connectivity index (χ0n) is 10.0. The number of carbonyl (C=O) groups excluding carboxylic acids is 1. The van der Waals surface area contributed by atoms with E-state index >= 15 is 0 Å². The molecule has 5 nitrogen and oxygen atoms in total. The lowest BCUT2D eigenvalue weighted by Crippen LogP contribution is -2.50. The molecule has 0 aliphatic heterocycles. The lowest BCUT2D eigenvalue weighted by atomic mass is 9.93. The van der Waals surface area contributed by atoms with Crippen LogP contribution in [0.5, 0.6) is 0 Å². The Morgan fingerprint density at radius 1 is 1.56 bits per heavy atom. The number of aliphatic hydroxyl groups excluding tert-OH is 1. The number of carbonyl (C=O) groups is 1. The number of aromatic nitrogens is 2. The highest BCUT2D eigenvalue weighted by Crippen LogP contribution is 2.15. The molecule has 1 rings (SSSR count). The van der Waals surface area contributed by atoms with E-state index in [-0.39, 0.29) is 12.5 Å². The number of amides is 1. The fourth-order valence-corrected chi connectivity index (χ4v) is 1.54. The van der Waals surface area contributed by atoms with Gasteiger partial charge in [0.25, 0.3) is 5.91 Å². The predicted molar refractivity (Wildman–Crippen MR) is 61.1 cm³/mol. The van der Waals surface area contributed by atoms with Crippen molar-refractivity contribution >= 4 is 5.91 Å². The highest BCUT2D eigenvalue weighted by Gasteiger charge is 2.27. The fraction of sp³-hybridized carbons (Fsp3) is 0.636. The van der Waals surface area contributed by atoms with Gasteiger partial charge in [0, 0.05) is 13.2 Å². The molecule has 1 heterocycles. The van der Waals surface area contributed by atoms with E-state index < -0.39 is 5.54 Å². The first kappa shape index (κ1) is 12.7. The summed E-state index contributed by atoms with van der Waals surface area (Å²) in [6.45, 7) is 3.85. The summed E-state index contributed by atoms with van der Waals surface area (Å²) in [4.78, 5) is 11.9. The summed E-state index contributed by atoms with van der Waals surface area (Å²) in [7, 11) is 1.76. The molecule has 0 aliphatic carbocycles. The highest BCUT2D eigenvalue weighted by molar-refractivity contribution is 5.94. The summed E-state index contributed by atoms with van der Waals surface area (Å²) >= 11 is 0. The monoisotopic (exact) mass is 225 g/mol. The molecule has 1 aromatic rings. The summed E-state index contributed by atoms with van der Waals surface area (Å²) in [5.41, 5.74) is -0.00496. The first-order valence-electron chi connectivity index (χ1n) is 5.49. The second-order valence-electron chi connectivity index (χ2n) is 4.00. The van der Waals surface area contributed by atoms with Crippen LogP contribution >= 0.6 is 0 Å². The summed E-state index contributed by atoms with van der Waals surface area (Å²) in [5, 5.41) is 16.1. The molecule has 0 radical (unpaired) electrons. The Morgan fingerprint density at radius 3 is 2.56 bits per heavy atom.